The zero-order valence-corrected chi connectivity index (χ0v) is 10.5. The quantitative estimate of drug-likeness (QED) is 0.869. The number of carbonyl (C=O) groups is 1. The zero-order chi connectivity index (χ0) is 13.0. The fraction of sp³-hybridized carbons (Fsp3) is 0.462. The van der Waals surface area contributed by atoms with Gasteiger partial charge < -0.3 is 10.6 Å². The molecule has 0 bridgehead atoms. The molecule has 0 heterocycles. The zero-order valence-electron chi connectivity index (χ0n) is 10.5. The first-order valence-electron chi connectivity index (χ1n) is 5.67. The molecular weight excluding hydrogens is 219 g/mol. The van der Waals surface area contributed by atoms with Gasteiger partial charge in [0.15, 0.2) is 0 Å². The smallest absolute Gasteiger partial charge is 0.239 e. The summed E-state index contributed by atoms with van der Waals surface area (Å²) in [4.78, 5) is 13.4. The van der Waals surface area contributed by atoms with Crippen LogP contribution in [0.3, 0.4) is 0 Å². The maximum absolute atomic E-state index is 13.0. The van der Waals surface area contributed by atoms with Crippen LogP contribution in [0.2, 0.25) is 0 Å². The van der Waals surface area contributed by atoms with Gasteiger partial charge in [-0.3, -0.25) is 4.79 Å². The summed E-state index contributed by atoms with van der Waals surface area (Å²) < 4.78 is 13.0. The molecule has 1 atom stereocenters. The lowest BCUT2D eigenvalue weighted by atomic mass is 10.0. The van der Waals surface area contributed by atoms with Gasteiger partial charge in [-0.2, -0.15) is 0 Å². The van der Waals surface area contributed by atoms with Crippen LogP contribution in [0, 0.1) is 11.7 Å². The Morgan fingerprint density at radius 3 is 2.65 bits per heavy atom. The molecule has 0 saturated carbocycles. The van der Waals surface area contributed by atoms with Gasteiger partial charge in [-0.1, -0.05) is 26.0 Å². The Kier molecular flexibility index (Phi) is 4.63. The molecule has 1 amide bonds. The van der Waals surface area contributed by atoms with Crippen LogP contribution in [0.4, 0.5) is 4.39 Å². The molecule has 1 aromatic carbocycles. The summed E-state index contributed by atoms with van der Waals surface area (Å²) >= 11 is 0. The van der Waals surface area contributed by atoms with Gasteiger partial charge in [0, 0.05) is 13.6 Å². The van der Waals surface area contributed by atoms with Crippen LogP contribution in [0.5, 0.6) is 0 Å². The fourth-order valence-electron chi connectivity index (χ4n) is 1.53. The van der Waals surface area contributed by atoms with E-state index in [0.717, 1.165) is 5.56 Å². The number of rotatable bonds is 4. The first-order valence-corrected chi connectivity index (χ1v) is 5.67. The predicted molar refractivity (Wildman–Crippen MR) is 65.7 cm³/mol. The molecule has 17 heavy (non-hydrogen) atoms. The average molecular weight is 238 g/mol. The Bertz CT molecular complexity index is 393. The predicted octanol–water partition coefficient (Wildman–Crippen LogP) is 1.77. The molecule has 0 aliphatic rings. The van der Waals surface area contributed by atoms with E-state index in [1.807, 2.05) is 13.8 Å². The first kappa shape index (κ1) is 13.6. The second kappa shape index (κ2) is 5.77. The third-order valence-electron chi connectivity index (χ3n) is 2.69. The number of amides is 1. The lowest BCUT2D eigenvalue weighted by molar-refractivity contribution is -0.132. The Labute approximate surface area is 101 Å². The summed E-state index contributed by atoms with van der Waals surface area (Å²) in [7, 11) is 1.68. The molecule has 0 fully saturated rings. The number of hydrogen-bond donors (Lipinski definition) is 1. The van der Waals surface area contributed by atoms with Gasteiger partial charge in [-0.15, -0.1) is 0 Å². The van der Waals surface area contributed by atoms with E-state index in [0.29, 0.717) is 6.54 Å². The maximum atomic E-state index is 13.0. The SMILES string of the molecule is CC(C)[C@H](N)C(=O)N(C)Cc1cccc(F)c1. The highest BCUT2D eigenvalue weighted by Crippen LogP contribution is 2.09. The van der Waals surface area contributed by atoms with Crippen LogP contribution in [0.15, 0.2) is 24.3 Å². The Balaban J connectivity index is 2.66. The van der Waals surface area contributed by atoms with Gasteiger partial charge in [0.2, 0.25) is 5.91 Å². The number of likely N-dealkylation sites (N-methyl/N-ethyl adjacent to an activating group) is 1. The van der Waals surface area contributed by atoms with Gasteiger partial charge in [-0.25, -0.2) is 4.39 Å². The Morgan fingerprint density at radius 1 is 1.47 bits per heavy atom. The summed E-state index contributed by atoms with van der Waals surface area (Å²) in [5.41, 5.74) is 6.54. The minimum Gasteiger partial charge on any atom is -0.340 e. The van der Waals surface area contributed by atoms with Gasteiger partial charge in [0.1, 0.15) is 5.82 Å². The lowest BCUT2D eigenvalue weighted by Crippen LogP contribution is -2.44. The van der Waals surface area contributed by atoms with Crippen molar-refractivity contribution in [2.75, 3.05) is 7.05 Å². The standard InChI is InChI=1S/C13H19FN2O/c1-9(2)12(15)13(17)16(3)8-10-5-4-6-11(14)7-10/h4-7,9,12H,8,15H2,1-3H3/t12-/m0/s1. The summed E-state index contributed by atoms with van der Waals surface area (Å²) in [6.45, 7) is 4.17. The molecule has 0 aromatic heterocycles. The van der Waals surface area contributed by atoms with E-state index in [1.54, 1.807) is 19.2 Å². The third-order valence-corrected chi connectivity index (χ3v) is 2.69. The number of hydrogen-bond acceptors (Lipinski definition) is 2. The second-order valence-corrected chi connectivity index (χ2v) is 4.59. The van der Waals surface area contributed by atoms with E-state index in [9.17, 15) is 9.18 Å². The summed E-state index contributed by atoms with van der Waals surface area (Å²) in [6.07, 6.45) is 0. The number of halogens is 1. The van der Waals surface area contributed by atoms with E-state index < -0.39 is 6.04 Å². The first-order chi connectivity index (χ1) is 7.91. The monoisotopic (exact) mass is 238 g/mol. The highest BCUT2D eigenvalue weighted by atomic mass is 19.1. The second-order valence-electron chi connectivity index (χ2n) is 4.59. The van der Waals surface area contributed by atoms with Crippen LogP contribution >= 0.6 is 0 Å². The number of nitrogens with two attached hydrogens (primary N) is 1. The Hall–Kier alpha value is -1.42. The number of benzene rings is 1. The molecule has 1 rings (SSSR count). The molecule has 0 spiro atoms. The van der Waals surface area contributed by atoms with Crippen LogP contribution in [0.25, 0.3) is 0 Å². The highest BCUT2D eigenvalue weighted by Gasteiger charge is 2.20. The van der Waals surface area contributed by atoms with E-state index >= 15 is 0 Å². The maximum Gasteiger partial charge on any atom is 0.239 e. The molecule has 4 heteroatoms. The van der Waals surface area contributed by atoms with Crippen LogP contribution < -0.4 is 5.73 Å². The van der Waals surface area contributed by atoms with Crippen molar-refractivity contribution in [3.05, 3.63) is 35.6 Å². The molecular formula is C13H19FN2O. The minimum absolute atomic E-state index is 0.0949. The summed E-state index contributed by atoms with van der Waals surface area (Å²) in [5.74, 6) is -0.321. The van der Waals surface area contributed by atoms with Crippen molar-refractivity contribution in [2.24, 2.45) is 11.7 Å². The van der Waals surface area contributed by atoms with Gasteiger partial charge >= 0.3 is 0 Å². The molecule has 0 aliphatic carbocycles. The van der Waals surface area contributed by atoms with E-state index in [4.69, 9.17) is 5.73 Å². The van der Waals surface area contributed by atoms with Gasteiger partial charge in [0.25, 0.3) is 0 Å². The van der Waals surface area contributed by atoms with E-state index in [1.165, 1.54) is 17.0 Å². The molecule has 1 aromatic rings. The van der Waals surface area contributed by atoms with Crippen LogP contribution in [-0.2, 0) is 11.3 Å². The van der Waals surface area contributed by atoms with Crippen molar-refractivity contribution in [3.8, 4) is 0 Å². The molecule has 94 valence electrons. The molecule has 3 nitrogen and oxygen atoms in total. The minimum atomic E-state index is -0.506. The number of carbonyl (C=O) groups excluding carboxylic acids is 1. The third kappa shape index (κ3) is 3.82. The van der Waals surface area contributed by atoms with E-state index in [2.05, 4.69) is 0 Å². The summed E-state index contributed by atoms with van der Waals surface area (Å²) in [6, 6.07) is 5.71. The number of nitrogens with zero attached hydrogens (tertiary/aromatic N) is 1. The largest absolute Gasteiger partial charge is 0.340 e. The molecule has 0 saturated heterocycles. The Morgan fingerprint density at radius 2 is 2.12 bits per heavy atom. The molecule has 0 aliphatic heterocycles. The lowest BCUT2D eigenvalue weighted by Gasteiger charge is -2.23. The summed E-state index contributed by atoms with van der Waals surface area (Å²) in [5, 5.41) is 0. The van der Waals surface area contributed by atoms with Crippen LogP contribution in [-0.4, -0.2) is 23.9 Å². The highest BCUT2D eigenvalue weighted by molar-refractivity contribution is 5.81. The molecule has 0 radical (unpaired) electrons. The molecule has 2 N–H and O–H groups in total. The van der Waals surface area contributed by atoms with Gasteiger partial charge in [-0.05, 0) is 23.6 Å². The van der Waals surface area contributed by atoms with Crippen LogP contribution in [0.1, 0.15) is 19.4 Å². The topological polar surface area (TPSA) is 46.3 Å². The van der Waals surface area contributed by atoms with Gasteiger partial charge in [0.05, 0.1) is 6.04 Å². The average Bonchev–Trinajstić information content (AvgIpc) is 2.26. The fourth-order valence-corrected chi connectivity index (χ4v) is 1.53. The van der Waals surface area contributed by atoms with Crippen molar-refractivity contribution in [2.45, 2.75) is 26.4 Å². The van der Waals surface area contributed by atoms with Crippen molar-refractivity contribution < 1.29 is 9.18 Å². The van der Waals surface area contributed by atoms with Crippen molar-refractivity contribution in [1.29, 1.82) is 0 Å². The molecule has 0 unspecified atom stereocenters. The van der Waals surface area contributed by atoms with Crippen molar-refractivity contribution in [1.82, 2.24) is 4.90 Å². The normalized spacial score (nSPS) is 12.6. The van der Waals surface area contributed by atoms with Crippen molar-refractivity contribution in [3.63, 3.8) is 0 Å². The van der Waals surface area contributed by atoms with E-state index in [-0.39, 0.29) is 17.6 Å². The van der Waals surface area contributed by atoms with Crippen molar-refractivity contribution >= 4 is 5.91 Å².